The Labute approximate surface area is 176 Å². The van der Waals surface area contributed by atoms with Gasteiger partial charge in [-0.1, -0.05) is 11.8 Å². The maximum Gasteiger partial charge on any atom is 0.234 e. The molecule has 152 valence electrons. The van der Waals surface area contributed by atoms with Gasteiger partial charge in [0, 0.05) is 17.5 Å². The molecule has 2 aromatic carbocycles. The molecule has 1 N–H and O–H groups in total. The Morgan fingerprint density at radius 2 is 2.00 bits per heavy atom. The predicted molar refractivity (Wildman–Crippen MR) is 111 cm³/mol. The predicted octanol–water partition coefficient (Wildman–Crippen LogP) is 3.58. The maximum absolute atomic E-state index is 12.5. The van der Waals surface area contributed by atoms with E-state index in [1.165, 1.54) is 18.9 Å². The number of nitrogens with one attached hydrogen (secondary N) is 1. The smallest absolute Gasteiger partial charge is 0.234 e. The Bertz CT molecular complexity index is 1180. The van der Waals surface area contributed by atoms with Crippen molar-refractivity contribution in [3.63, 3.8) is 0 Å². The summed E-state index contributed by atoms with van der Waals surface area (Å²) < 4.78 is 21.2. The fourth-order valence-corrected chi connectivity index (χ4v) is 3.72. The maximum atomic E-state index is 12.5. The van der Waals surface area contributed by atoms with E-state index in [9.17, 15) is 10.1 Å². The molecule has 0 saturated heterocycles. The van der Waals surface area contributed by atoms with Crippen molar-refractivity contribution in [3.05, 3.63) is 42.0 Å². The minimum Gasteiger partial charge on any atom is -0.497 e. The zero-order valence-corrected chi connectivity index (χ0v) is 17.0. The average molecular weight is 423 g/mol. The Kier molecular flexibility index (Phi) is 5.50. The van der Waals surface area contributed by atoms with E-state index in [1.807, 2.05) is 0 Å². The normalized spacial score (nSPS) is 11.8. The lowest BCUT2D eigenvalue weighted by Gasteiger charge is -2.12. The molecular formula is C21H17N3O5S. The summed E-state index contributed by atoms with van der Waals surface area (Å²) in [5, 5.41) is 13.5. The van der Waals surface area contributed by atoms with Crippen LogP contribution >= 0.6 is 11.8 Å². The fraction of sp³-hybridized carbons (Fsp3) is 0.190. The highest BCUT2D eigenvalue weighted by atomic mass is 32.2. The number of amides is 1. The van der Waals surface area contributed by atoms with Crippen molar-refractivity contribution in [2.75, 3.05) is 32.1 Å². The molecule has 1 amide bonds. The molecule has 8 nitrogen and oxygen atoms in total. The highest BCUT2D eigenvalue weighted by Crippen LogP contribution is 2.37. The summed E-state index contributed by atoms with van der Waals surface area (Å²) in [7, 11) is 3.07. The highest BCUT2D eigenvalue weighted by molar-refractivity contribution is 8.00. The molecule has 3 aromatic rings. The summed E-state index contributed by atoms with van der Waals surface area (Å²) in [5.74, 6) is 2.18. The standard InChI is InChI=1S/C21H17N3O5S/c1-26-14-3-4-15(17(7-14)27-2)23-20(25)10-30-21-13(9-22)5-12-6-18-19(29-11-28-18)8-16(12)24-21/h3-8H,10-11H2,1-2H3,(H,23,25). The zero-order valence-electron chi connectivity index (χ0n) is 16.2. The molecule has 0 bridgehead atoms. The van der Waals surface area contributed by atoms with Gasteiger partial charge in [-0.05, 0) is 24.3 Å². The molecule has 0 radical (unpaired) electrons. The van der Waals surface area contributed by atoms with Crippen LogP contribution in [0.1, 0.15) is 5.56 Å². The summed E-state index contributed by atoms with van der Waals surface area (Å²) in [6, 6.07) is 12.6. The molecule has 0 saturated carbocycles. The number of thioether (sulfide) groups is 1. The Morgan fingerprint density at radius 1 is 1.20 bits per heavy atom. The largest absolute Gasteiger partial charge is 0.497 e. The fourth-order valence-electron chi connectivity index (χ4n) is 2.96. The van der Waals surface area contributed by atoms with Gasteiger partial charge in [0.1, 0.15) is 22.6 Å². The minimum atomic E-state index is -0.250. The number of methoxy groups -OCH3 is 2. The van der Waals surface area contributed by atoms with Crippen LogP contribution in [0.15, 0.2) is 41.4 Å². The molecular weight excluding hydrogens is 406 g/mol. The van der Waals surface area contributed by atoms with Crippen molar-refractivity contribution < 1.29 is 23.7 Å². The van der Waals surface area contributed by atoms with E-state index >= 15 is 0 Å². The monoisotopic (exact) mass is 423 g/mol. The van der Waals surface area contributed by atoms with Gasteiger partial charge in [0.2, 0.25) is 12.7 Å². The Morgan fingerprint density at radius 3 is 2.73 bits per heavy atom. The minimum absolute atomic E-state index is 0.0763. The molecule has 2 heterocycles. The van der Waals surface area contributed by atoms with E-state index in [4.69, 9.17) is 18.9 Å². The second kappa shape index (κ2) is 8.39. The number of ether oxygens (including phenoxy) is 4. The molecule has 30 heavy (non-hydrogen) atoms. The van der Waals surface area contributed by atoms with Gasteiger partial charge < -0.3 is 24.3 Å². The third kappa shape index (κ3) is 3.90. The lowest BCUT2D eigenvalue weighted by molar-refractivity contribution is -0.113. The van der Waals surface area contributed by atoms with Crippen LogP contribution in [0.25, 0.3) is 10.9 Å². The van der Waals surface area contributed by atoms with Gasteiger partial charge >= 0.3 is 0 Å². The van der Waals surface area contributed by atoms with Crippen LogP contribution in [-0.2, 0) is 4.79 Å². The van der Waals surface area contributed by atoms with E-state index in [-0.39, 0.29) is 18.5 Å². The zero-order chi connectivity index (χ0) is 21.1. The summed E-state index contributed by atoms with van der Waals surface area (Å²) in [6.45, 7) is 0.160. The molecule has 0 aliphatic carbocycles. The first kappa shape index (κ1) is 19.7. The summed E-state index contributed by atoms with van der Waals surface area (Å²) in [5.41, 5.74) is 1.59. The van der Waals surface area contributed by atoms with Crippen molar-refractivity contribution >= 4 is 34.3 Å². The lowest BCUT2D eigenvalue weighted by Crippen LogP contribution is -2.15. The molecule has 1 aromatic heterocycles. The van der Waals surface area contributed by atoms with Crippen LogP contribution in [0.3, 0.4) is 0 Å². The van der Waals surface area contributed by atoms with E-state index < -0.39 is 0 Å². The first-order valence-corrected chi connectivity index (χ1v) is 9.89. The highest BCUT2D eigenvalue weighted by Gasteiger charge is 2.17. The summed E-state index contributed by atoms with van der Waals surface area (Å²) >= 11 is 1.18. The Hall–Kier alpha value is -3.64. The number of anilines is 1. The van der Waals surface area contributed by atoms with Crippen LogP contribution in [0.5, 0.6) is 23.0 Å². The molecule has 0 atom stereocenters. The molecule has 4 rings (SSSR count). The molecule has 0 fully saturated rings. The number of carbonyl (C=O) groups is 1. The van der Waals surface area contributed by atoms with Gasteiger partial charge in [-0.3, -0.25) is 4.79 Å². The first-order chi connectivity index (χ1) is 14.6. The SMILES string of the molecule is COc1ccc(NC(=O)CSc2nc3cc4c(cc3cc2C#N)OCO4)c(OC)c1. The quantitative estimate of drug-likeness (QED) is 0.600. The molecule has 9 heteroatoms. The third-order valence-electron chi connectivity index (χ3n) is 4.42. The molecule has 0 unspecified atom stereocenters. The van der Waals surface area contributed by atoms with Crippen molar-refractivity contribution in [2.24, 2.45) is 0 Å². The number of carbonyl (C=O) groups excluding carboxylic acids is 1. The average Bonchev–Trinajstić information content (AvgIpc) is 3.22. The number of hydrogen-bond acceptors (Lipinski definition) is 8. The number of aromatic nitrogens is 1. The number of fused-ring (bicyclic) bond motifs is 2. The van der Waals surface area contributed by atoms with Crippen molar-refractivity contribution in [3.8, 4) is 29.1 Å². The number of benzene rings is 2. The van der Waals surface area contributed by atoms with Crippen LogP contribution in [0.4, 0.5) is 5.69 Å². The van der Waals surface area contributed by atoms with E-state index in [0.29, 0.717) is 44.8 Å². The topological polar surface area (TPSA) is 103 Å². The number of rotatable bonds is 6. The van der Waals surface area contributed by atoms with E-state index in [1.54, 1.807) is 43.5 Å². The lowest BCUT2D eigenvalue weighted by atomic mass is 10.1. The van der Waals surface area contributed by atoms with Crippen LogP contribution in [0.2, 0.25) is 0 Å². The van der Waals surface area contributed by atoms with Gasteiger partial charge in [-0.25, -0.2) is 4.98 Å². The second-order valence-corrected chi connectivity index (χ2v) is 7.22. The first-order valence-electron chi connectivity index (χ1n) is 8.90. The van der Waals surface area contributed by atoms with E-state index in [0.717, 1.165) is 5.39 Å². The summed E-state index contributed by atoms with van der Waals surface area (Å²) in [4.78, 5) is 17.0. The summed E-state index contributed by atoms with van der Waals surface area (Å²) in [6.07, 6.45) is 0. The van der Waals surface area contributed by atoms with Gasteiger partial charge in [0.15, 0.2) is 11.5 Å². The second-order valence-electron chi connectivity index (χ2n) is 6.25. The Balaban J connectivity index is 1.51. The van der Waals surface area contributed by atoms with Crippen LogP contribution in [0, 0.1) is 11.3 Å². The molecule has 1 aliphatic heterocycles. The van der Waals surface area contributed by atoms with Crippen molar-refractivity contribution in [1.29, 1.82) is 5.26 Å². The third-order valence-corrected chi connectivity index (χ3v) is 5.41. The van der Waals surface area contributed by atoms with Gasteiger partial charge in [-0.15, -0.1) is 0 Å². The van der Waals surface area contributed by atoms with Gasteiger partial charge in [-0.2, -0.15) is 5.26 Å². The number of nitrogens with zero attached hydrogens (tertiary/aromatic N) is 2. The van der Waals surface area contributed by atoms with Gasteiger partial charge in [0.05, 0.1) is 36.7 Å². The van der Waals surface area contributed by atoms with E-state index in [2.05, 4.69) is 16.4 Å². The molecule has 0 spiro atoms. The van der Waals surface area contributed by atoms with Gasteiger partial charge in [0.25, 0.3) is 0 Å². The van der Waals surface area contributed by atoms with Crippen LogP contribution in [-0.4, -0.2) is 37.7 Å². The van der Waals surface area contributed by atoms with Crippen LogP contribution < -0.4 is 24.3 Å². The van der Waals surface area contributed by atoms with Crippen molar-refractivity contribution in [2.45, 2.75) is 5.03 Å². The van der Waals surface area contributed by atoms with Crippen molar-refractivity contribution in [1.82, 2.24) is 4.98 Å². The number of hydrogen-bond donors (Lipinski definition) is 1. The number of nitriles is 1. The number of pyridine rings is 1. The molecule has 1 aliphatic rings.